The van der Waals surface area contributed by atoms with Crippen molar-refractivity contribution in [3.05, 3.63) is 66.9 Å². The Morgan fingerprint density at radius 2 is 1.71 bits per heavy atom. The summed E-state index contributed by atoms with van der Waals surface area (Å²) < 4.78 is 19.0. The third kappa shape index (κ3) is 2.31. The van der Waals surface area contributed by atoms with Crippen LogP contribution in [0.3, 0.4) is 0 Å². The van der Waals surface area contributed by atoms with Gasteiger partial charge in [0.05, 0.1) is 23.9 Å². The predicted molar refractivity (Wildman–Crippen MR) is 91.3 cm³/mol. The zero-order valence-corrected chi connectivity index (χ0v) is 13.0. The number of benzene rings is 1. The standard InChI is InChI=1S/C19H14FN3O/c1-24-19-16(12-6-9-21-10-7-12)17(13-2-4-14(20)5-3-13)23-15-8-11-22-18(15)19/h2-11,22H,1H3. The van der Waals surface area contributed by atoms with Crippen LogP contribution >= 0.6 is 0 Å². The number of nitrogens with one attached hydrogen (secondary N) is 1. The van der Waals surface area contributed by atoms with Crippen molar-refractivity contribution in [2.45, 2.75) is 0 Å². The molecule has 3 aromatic heterocycles. The van der Waals surface area contributed by atoms with Gasteiger partial charge in [-0.25, -0.2) is 9.37 Å². The summed E-state index contributed by atoms with van der Waals surface area (Å²) in [5.74, 6) is 0.425. The largest absolute Gasteiger partial charge is 0.494 e. The molecule has 4 aromatic rings. The molecule has 24 heavy (non-hydrogen) atoms. The lowest BCUT2D eigenvalue weighted by atomic mass is 9.98. The van der Waals surface area contributed by atoms with Gasteiger partial charge in [0.2, 0.25) is 0 Å². The Bertz CT molecular complexity index is 994. The Hall–Kier alpha value is -3.21. The second kappa shape index (κ2) is 5.77. The first-order valence-corrected chi connectivity index (χ1v) is 7.49. The summed E-state index contributed by atoms with van der Waals surface area (Å²) in [4.78, 5) is 12.0. The van der Waals surface area contributed by atoms with E-state index >= 15 is 0 Å². The van der Waals surface area contributed by atoms with E-state index in [1.807, 2.05) is 24.4 Å². The maximum Gasteiger partial charge on any atom is 0.154 e. The molecule has 1 N–H and O–H groups in total. The molecule has 4 rings (SSSR count). The highest BCUT2D eigenvalue weighted by Gasteiger charge is 2.19. The van der Waals surface area contributed by atoms with Crippen LogP contribution in [0, 0.1) is 5.82 Å². The lowest BCUT2D eigenvalue weighted by Crippen LogP contribution is -1.96. The fraction of sp³-hybridized carbons (Fsp3) is 0.0526. The van der Waals surface area contributed by atoms with Crippen LogP contribution in [0.4, 0.5) is 4.39 Å². The molecule has 5 heteroatoms. The SMILES string of the molecule is COc1c(-c2ccncc2)c(-c2ccc(F)cc2)nc2cc[nH]c12. The minimum absolute atomic E-state index is 0.279. The molecule has 0 saturated carbocycles. The van der Waals surface area contributed by atoms with Crippen LogP contribution in [-0.4, -0.2) is 22.1 Å². The fourth-order valence-corrected chi connectivity index (χ4v) is 2.85. The molecule has 118 valence electrons. The molecule has 0 fully saturated rings. The van der Waals surface area contributed by atoms with Crippen molar-refractivity contribution >= 4 is 11.0 Å². The molecule has 3 heterocycles. The molecular formula is C19H14FN3O. The van der Waals surface area contributed by atoms with Gasteiger partial charge in [-0.3, -0.25) is 4.98 Å². The van der Waals surface area contributed by atoms with Crippen LogP contribution in [0.1, 0.15) is 0 Å². The van der Waals surface area contributed by atoms with Gasteiger partial charge in [0.25, 0.3) is 0 Å². The van der Waals surface area contributed by atoms with Crippen molar-refractivity contribution in [3.63, 3.8) is 0 Å². The molecule has 4 nitrogen and oxygen atoms in total. The van der Waals surface area contributed by atoms with Gasteiger partial charge >= 0.3 is 0 Å². The summed E-state index contributed by atoms with van der Waals surface area (Å²) in [5.41, 5.74) is 4.97. The lowest BCUT2D eigenvalue weighted by Gasteiger charge is -2.15. The Balaban J connectivity index is 2.09. The van der Waals surface area contributed by atoms with E-state index < -0.39 is 0 Å². The third-order valence-corrected chi connectivity index (χ3v) is 3.94. The number of nitrogens with zero attached hydrogens (tertiary/aromatic N) is 2. The Morgan fingerprint density at radius 1 is 0.958 bits per heavy atom. The third-order valence-electron chi connectivity index (χ3n) is 3.94. The van der Waals surface area contributed by atoms with Gasteiger partial charge in [0.15, 0.2) is 5.75 Å². The van der Waals surface area contributed by atoms with Crippen molar-refractivity contribution in [1.82, 2.24) is 15.0 Å². The van der Waals surface area contributed by atoms with E-state index in [0.29, 0.717) is 5.75 Å². The normalized spacial score (nSPS) is 10.9. The maximum absolute atomic E-state index is 13.3. The molecule has 1 aromatic carbocycles. The lowest BCUT2D eigenvalue weighted by molar-refractivity contribution is 0.420. The Labute approximate surface area is 138 Å². The van der Waals surface area contributed by atoms with Crippen LogP contribution in [0.25, 0.3) is 33.4 Å². The van der Waals surface area contributed by atoms with E-state index in [9.17, 15) is 4.39 Å². The van der Waals surface area contributed by atoms with Crippen LogP contribution in [0.5, 0.6) is 5.75 Å². The number of aromatic amines is 1. The average molecular weight is 319 g/mol. The van der Waals surface area contributed by atoms with Gasteiger partial charge in [0.1, 0.15) is 11.3 Å². The van der Waals surface area contributed by atoms with Gasteiger partial charge < -0.3 is 9.72 Å². The first-order chi connectivity index (χ1) is 11.8. The fourth-order valence-electron chi connectivity index (χ4n) is 2.85. The van der Waals surface area contributed by atoms with E-state index in [4.69, 9.17) is 9.72 Å². The van der Waals surface area contributed by atoms with Gasteiger partial charge in [0, 0.05) is 24.2 Å². The summed E-state index contributed by atoms with van der Waals surface area (Å²) in [6.07, 6.45) is 5.27. The average Bonchev–Trinajstić information content (AvgIpc) is 3.10. The molecule has 0 aliphatic rings. The highest BCUT2D eigenvalue weighted by Crippen LogP contribution is 2.41. The van der Waals surface area contributed by atoms with Crippen LogP contribution in [0.15, 0.2) is 61.1 Å². The number of ether oxygens (including phenoxy) is 1. The summed E-state index contributed by atoms with van der Waals surface area (Å²) in [6, 6.07) is 12.0. The number of pyridine rings is 2. The number of hydrogen-bond acceptors (Lipinski definition) is 3. The number of aromatic nitrogens is 3. The van der Waals surface area contributed by atoms with E-state index in [2.05, 4.69) is 9.97 Å². The minimum Gasteiger partial charge on any atom is -0.494 e. The van der Waals surface area contributed by atoms with Gasteiger partial charge in [-0.2, -0.15) is 0 Å². The zero-order chi connectivity index (χ0) is 16.5. The molecule has 0 amide bonds. The van der Waals surface area contributed by atoms with Gasteiger partial charge in [-0.15, -0.1) is 0 Å². The number of H-pyrrole nitrogens is 1. The number of rotatable bonds is 3. The zero-order valence-electron chi connectivity index (χ0n) is 13.0. The van der Waals surface area contributed by atoms with E-state index in [1.165, 1.54) is 12.1 Å². The van der Waals surface area contributed by atoms with Crippen molar-refractivity contribution in [2.24, 2.45) is 0 Å². The molecular weight excluding hydrogens is 305 g/mol. The molecule has 0 aliphatic carbocycles. The molecule has 0 radical (unpaired) electrons. The molecule has 0 unspecified atom stereocenters. The van der Waals surface area contributed by atoms with E-state index in [0.717, 1.165) is 33.4 Å². The Morgan fingerprint density at radius 3 is 2.42 bits per heavy atom. The summed E-state index contributed by atoms with van der Waals surface area (Å²) in [6.45, 7) is 0. The summed E-state index contributed by atoms with van der Waals surface area (Å²) >= 11 is 0. The quantitative estimate of drug-likeness (QED) is 0.607. The van der Waals surface area contributed by atoms with Gasteiger partial charge in [-0.05, 0) is 48.0 Å². The molecule has 0 bridgehead atoms. The van der Waals surface area contributed by atoms with Crippen LogP contribution in [0.2, 0.25) is 0 Å². The Kier molecular flexibility index (Phi) is 3.46. The van der Waals surface area contributed by atoms with E-state index in [-0.39, 0.29) is 5.82 Å². The first kappa shape index (κ1) is 14.4. The second-order valence-corrected chi connectivity index (χ2v) is 5.35. The molecule has 0 aliphatic heterocycles. The molecule has 0 atom stereocenters. The number of methoxy groups -OCH3 is 1. The molecule has 0 spiro atoms. The highest BCUT2D eigenvalue weighted by molar-refractivity contribution is 5.97. The second-order valence-electron chi connectivity index (χ2n) is 5.35. The minimum atomic E-state index is -0.279. The predicted octanol–water partition coefficient (Wildman–Crippen LogP) is 4.44. The number of hydrogen-bond donors (Lipinski definition) is 1. The van der Waals surface area contributed by atoms with Crippen molar-refractivity contribution in [2.75, 3.05) is 7.11 Å². The summed E-state index contributed by atoms with van der Waals surface area (Å²) in [5, 5.41) is 0. The highest BCUT2D eigenvalue weighted by atomic mass is 19.1. The smallest absolute Gasteiger partial charge is 0.154 e. The topological polar surface area (TPSA) is 50.8 Å². The first-order valence-electron chi connectivity index (χ1n) is 7.49. The van der Waals surface area contributed by atoms with Crippen molar-refractivity contribution < 1.29 is 9.13 Å². The van der Waals surface area contributed by atoms with Crippen molar-refractivity contribution in [3.8, 4) is 28.1 Å². The number of halogens is 1. The number of fused-ring (bicyclic) bond motifs is 1. The van der Waals surface area contributed by atoms with Gasteiger partial charge in [-0.1, -0.05) is 0 Å². The molecule has 0 saturated heterocycles. The monoisotopic (exact) mass is 319 g/mol. The van der Waals surface area contributed by atoms with E-state index in [1.54, 1.807) is 31.6 Å². The van der Waals surface area contributed by atoms with Crippen LogP contribution in [-0.2, 0) is 0 Å². The maximum atomic E-state index is 13.3. The summed E-state index contributed by atoms with van der Waals surface area (Å²) in [7, 11) is 1.63. The van der Waals surface area contributed by atoms with Crippen LogP contribution < -0.4 is 4.74 Å². The van der Waals surface area contributed by atoms with Crippen molar-refractivity contribution in [1.29, 1.82) is 0 Å².